The molecule has 6 nitrogen and oxygen atoms in total. The average molecular weight is 320 g/mol. The standard InChI is InChI=1S/C17H13FN6/c1-11-5-8-16(23-22-11)20-12-6-7-14-13(9-12)19-10-24(14)17-4-2-3-15(18)21-17/h2-10H,1H3,(H,20,23). The summed E-state index contributed by atoms with van der Waals surface area (Å²) in [7, 11) is 0. The Morgan fingerprint density at radius 1 is 1.04 bits per heavy atom. The summed E-state index contributed by atoms with van der Waals surface area (Å²) in [6.07, 6.45) is 1.63. The number of benzene rings is 1. The van der Waals surface area contributed by atoms with E-state index in [4.69, 9.17) is 0 Å². The molecule has 118 valence electrons. The first kappa shape index (κ1) is 14.3. The van der Waals surface area contributed by atoms with Crippen molar-refractivity contribution in [2.45, 2.75) is 6.92 Å². The van der Waals surface area contributed by atoms with Crippen molar-refractivity contribution >= 4 is 22.5 Å². The molecule has 24 heavy (non-hydrogen) atoms. The minimum atomic E-state index is -0.523. The third-order valence-electron chi connectivity index (χ3n) is 3.56. The number of hydrogen-bond donors (Lipinski definition) is 1. The van der Waals surface area contributed by atoms with Gasteiger partial charge in [0.2, 0.25) is 5.95 Å². The van der Waals surface area contributed by atoms with Gasteiger partial charge in [0, 0.05) is 5.69 Å². The maximum atomic E-state index is 13.3. The number of imidazole rings is 1. The minimum absolute atomic E-state index is 0.489. The Morgan fingerprint density at radius 3 is 2.75 bits per heavy atom. The predicted octanol–water partition coefficient (Wildman–Crippen LogP) is 3.40. The van der Waals surface area contributed by atoms with E-state index >= 15 is 0 Å². The molecule has 0 aliphatic heterocycles. The monoisotopic (exact) mass is 320 g/mol. The zero-order valence-electron chi connectivity index (χ0n) is 12.8. The van der Waals surface area contributed by atoms with Crippen molar-refractivity contribution < 1.29 is 4.39 Å². The highest BCUT2D eigenvalue weighted by molar-refractivity contribution is 5.81. The summed E-state index contributed by atoms with van der Waals surface area (Å²) >= 11 is 0. The van der Waals surface area contributed by atoms with Crippen LogP contribution in [0, 0.1) is 12.9 Å². The van der Waals surface area contributed by atoms with E-state index < -0.39 is 5.95 Å². The van der Waals surface area contributed by atoms with E-state index in [1.165, 1.54) is 6.07 Å². The molecule has 0 unspecified atom stereocenters. The molecule has 3 aromatic heterocycles. The largest absolute Gasteiger partial charge is 0.339 e. The van der Waals surface area contributed by atoms with Crippen molar-refractivity contribution in [1.82, 2.24) is 24.7 Å². The molecular formula is C17H13FN6. The molecule has 0 bridgehead atoms. The van der Waals surface area contributed by atoms with Gasteiger partial charge in [-0.3, -0.25) is 4.57 Å². The first-order chi connectivity index (χ1) is 11.7. The van der Waals surface area contributed by atoms with Gasteiger partial charge >= 0.3 is 0 Å². The quantitative estimate of drug-likeness (QED) is 0.586. The predicted molar refractivity (Wildman–Crippen MR) is 88.9 cm³/mol. The molecule has 1 aromatic carbocycles. The van der Waals surface area contributed by atoms with Gasteiger partial charge in [-0.2, -0.15) is 9.49 Å². The Hall–Kier alpha value is -3.35. The third-order valence-corrected chi connectivity index (χ3v) is 3.56. The van der Waals surface area contributed by atoms with Crippen LogP contribution in [0.3, 0.4) is 0 Å². The number of nitrogens with zero attached hydrogens (tertiary/aromatic N) is 5. The van der Waals surface area contributed by atoms with Crippen molar-refractivity contribution in [3.8, 4) is 5.82 Å². The summed E-state index contributed by atoms with van der Waals surface area (Å²) < 4.78 is 15.1. The van der Waals surface area contributed by atoms with Crippen LogP contribution in [0.5, 0.6) is 0 Å². The molecule has 4 rings (SSSR count). The van der Waals surface area contributed by atoms with Crippen molar-refractivity contribution in [3.63, 3.8) is 0 Å². The van der Waals surface area contributed by atoms with Crippen LogP contribution in [-0.4, -0.2) is 24.7 Å². The third kappa shape index (κ3) is 2.67. The van der Waals surface area contributed by atoms with Crippen molar-refractivity contribution in [2.24, 2.45) is 0 Å². The van der Waals surface area contributed by atoms with Gasteiger partial charge < -0.3 is 5.32 Å². The first-order valence-corrected chi connectivity index (χ1v) is 7.36. The smallest absolute Gasteiger partial charge is 0.214 e. The number of fused-ring (bicyclic) bond motifs is 1. The van der Waals surface area contributed by atoms with Crippen molar-refractivity contribution in [1.29, 1.82) is 0 Å². The summed E-state index contributed by atoms with van der Waals surface area (Å²) in [5.74, 6) is 0.624. The average Bonchev–Trinajstić information content (AvgIpc) is 3.00. The van der Waals surface area contributed by atoms with E-state index in [9.17, 15) is 4.39 Å². The maximum Gasteiger partial charge on any atom is 0.214 e. The lowest BCUT2D eigenvalue weighted by atomic mass is 10.2. The molecule has 0 radical (unpaired) electrons. The topological polar surface area (TPSA) is 68.5 Å². The number of halogens is 1. The van der Waals surface area contributed by atoms with E-state index in [1.807, 2.05) is 37.3 Å². The number of hydrogen-bond acceptors (Lipinski definition) is 5. The molecule has 0 atom stereocenters. The maximum absolute atomic E-state index is 13.3. The Labute approximate surface area is 137 Å². The van der Waals surface area contributed by atoms with Gasteiger partial charge in [0.15, 0.2) is 5.82 Å². The Kier molecular flexibility index (Phi) is 3.38. The Bertz CT molecular complexity index is 1010. The number of anilines is 2. The number of nitrogens with one attached hydrogen (secondary N) is 1. The highest BCUT2D eigenvalue weighted by atomic mass is 19.1. The number of aryl methyl sites for hydroxylation is 1. The minimum Gasteiger partial charge on any atom is -0.339 e. The molecule has 0 saturated carbocycles. The molecule has 0 fully saturated rings. The molecule has 4 aromatic rings. The van der Waals surface area contributed by atoms with Crippen LogP contribution in [0.15, 0.2) is 54.9 Å². The van der Waals surface area contributed by atoms with E-state index in [2.05, 4.69) is 25.5 Å². The van der Waals surface area contributed by atoms with Crippen LogP contribution in [0.4, 0.5) is 15.9 Å². The molecule has 3 heterocycles. The van der Waals surface area contributed by atoms with Gasteiger partial charge in [-0.1, -0.05) is 6.07 Å². The SMILES string of the molecule is Cc1ccc(Nc2ccc3c(c2)ncn3-c2cccc(F)n2)nn1. The second-order valence-electron chi connectivity index (χ2n) is 5.32. The molecular weight excluding hydrogens is 307 g/mol. The highest BCUT2D eigenvalue weighted by Gasteiger charge is 2.08. The first-order valence-electron chi connectivity index (χ1n) is 7.36. The lowest BCUT2D eigenvalue weighted by molar-refractivity contribution is 0.581. The molecule has 0 spiro atoms. The Balaban J connectivity index is 1.69. The normalized spacial score (nSPS) is 10.9. The number of rotatable bonds is 3. The van der Waals surface area contributed by atoms with Crippen LogP contribution in [0.2, 0.25) is 0 Å². The van der Waals surface area contributed by atoms with Gasteiger partial charge in [0.05, 0.1) is 16.7 Å². The van der Waals surface area contributed by atoms with Gasteiger partial charge in [-0.05, 0) is 49.4 Å². The van der Waals surface area contributed by atoms with Gasteiger partial charge in [0.25, 0.3) is 0 Å². The summed E-state index contributed by atoms with van der Waals surface area (Å²) in [4.78, 5) is 8.25. The van der Waals surface area contributed by atoms with Crippen molar-refractivity contribution in [3.05, 3.63) is 66.5 Å². The number of aromatic nitrogens is 5. The van der Waals surface area contributed by atoms with Crippen LogP contribution in [0.25, 0.3) is 16.9 Å². The second kappa shape index (κ2) is 5.69. The summed E-state index contributed by atoms with van der Waals surface area (Å²) in [5.41, 5.74) is 3.32. The Morgan fingerprint density at radius 2 is 1.96 bits per heavy atom. The number of pyridine rings is 1. The van der Waals surface area contributed by atoms with Crippen LogP contribution < -0.4 is 5.32 Å². The zero-order valence-corrected chi connectivity index (χ0v) is 12.8. The fraction of sp³-hybridized carbons (Fsp3) is 0.0588. The molecule has 0 aliphatic carbocycles. The summed E-state index contributed by atoms with van der Waals surface area (Å²) in [6, 6.07) is 14.1. The van der Waals surface area contributed by atoms with E-state index in [0.717, 1.165) is 22.4 Å². The molecule has 0 aliphatic rings. The molecule has 1 N–H and O–H groups in total. The fourth-order valence-electron chi connectivity index (χ4n) is 2.42. The van der Waals surface area contributed by atoms with Crippen molar-refractivity contribution in [2.75, 3.05) is 5.32 Å². The van der Waals surface area contributed by atoms with Gasteiger partial charge in [-0.15, -0.1) is 5.10 Å². The zero-order chi connectivity index (χ0) is 16.5. The van der Waals surface area contributed by atoms with Gasteiger partial charge in [0.1, 0.15) is 12.1 Å². The van der Waals surface area contributed by atoms with E-state index in [-0.39, 0.29) is 0 Å². The van der Waals surface area contributed by atoms with Crippen LogP contribution in [0.1, 0.15) is 5.69 Å². The fourth-order valence-corrected chi connectivity index (χ4v) is 2.42. The van der Waals surface area contributed by atoms with E-state index in [1.54, 1.807) is 23.0 Å². The van der Waals surface area contributed by atoms with Crippen LogP contribution >= 0.6 is 0 Å². The molecule has 0 amide bonds. The summed E-state index contributed by atoms with van der Waals surface area (Å²) in [5, 5.41) is 11.3. The van der Waals surface area contributed by atoms with E-state index in [0.29, 0.717) is 11.6 Å². The van der Waals surface area contributed by atoms with Gasteiger partial charge in [-0.25, -0.2) is 9.97 Å². The molecule has 0 saturated heterocycles. The highest BCUT2D eigenvalue weighted by Crippen LogP contribution is 2.22. The second-order valence-corrected chi connectivity index (χ2v) is 5.32. The molecule has 7 heteroatoms. The van der Waals surface area contributed by atoms with Crippen LogP contribution in [-0.2, 0) is 0 Å². The lowest BCUT2D eigenvalue weighted by Crippen LogP contribution is -1.98. The summed E-state index contributed by atoms with van der Waals surface area (Å²) in [6.45, 7) is 1.88. The lowest BCUT2D eigenvalue weighted by Gasteiger charge is -2.06.